The molecule has 1 heterocycles. The number of hydrogen-bond donors (Lipinski definition) is 1. The van der Waals surface area contributed by atoms with E-state index in [-0.39, 0.29) is 5.56 Å². The molecule has 1 rings (SSSR count). The van der Waals surface area contributed by atoms with Crippen molar-refractivity contribution in [3.05, 3.63) is 27.1 Å². The summed E-state index contributed by atoms with van der Waals surface area (Å²) in [4.78, 5) is 11.6. The number of nitrogen functional groups attached to an aromatic ring is 1. The van der Waals surface area contributed by atoms with Gasteiger partial charge in [-0.1, -0.05) is 6.92 Å². The largest absolute Gasteiger partial charge is 0.398 e. The van der Waals surface area contributed by atoms with Crippen LogP contribution in [0.3, 0.4) is 0 Å². The van der Waals surface area contributed by atoms with Crippen molar-refractivity contribution in [3.8, 4) is 0 Å². The summed E-state index contributed by atoms with van der Waals surface area (Å²) >= 11 is 3.17. The van der Waals surface area contributed by atoms with Crippen molar-refractivity contribution >= 4 is 21.6 Å². The first kappa shape index (κ1) is 12.3. The molecule has 0 bridgehead atoms. The zero-order valence-corrected chi connectivity index (χ0v) is 10.3. The SMILES string of the molecule is CCCOCCn1cc(N)cc(Br)c1=O. The van der Waals surface area contributed by atoms with Crippen LogP contribution in [-0.2, 0) is 11.3 Å². The third-order valence-electron chi connectivity index (χ3n) is 1.89. The zero-order valence-electron chi connectivity index (χ0n) is 8.70. The van der Waals surface area contributed by atoms with Gasteiger partial charge in [0.25, 0.3) is 5.56 Å². The molecular formula is C10H15BrN2O2. The molecule has 2 N–H and O–H groups in total. The molecule has 0 saturated carbocycles. The molecule has 0 aliphatic heterocycles. The quantitative estimate of drug-likeness (QED) is 0.831. The Kier molecular flexibility index (Phi) is 4.84. The van der Waals surface area contributed by atoms with E-state index in [9.17, 15) is 4.79 Å². The van der Waals surface area contributed by atoms with Crippen molar-refractivity contribution in [2.45, 2.75) is 19.9 Å². The minimum absolute atomic E-state index is 0.0794. The van der Waals surface area contributed by atoms with Gasteiger partial charge in [-0.3, -0.25) is 4.79 Å². The fraction of sp³-hybridized carbons (Fsp3) is 0.500. The van der Waals surface area contributed by atoms with Gasteiger partial charge in [0.15, 0.2) is 0 Å². The minimum Gasteiger partial charge on any atom is -0.398 e. The molecule has 0 aromatic carbocycles. The van der Waals surface area contributed by atoms with Crippen molar-refractivity contribution in [2.24, 2.45) is 0 Å². The first-order valence-corrected chi connectivity index (χ1v) is 5.67. The van der Waals surface area contributed by atoms with Crippen LogP contribution in [0.25, 0.3) is 0 Å². The predicted octanol–water partition coefficient (Wildman–Crippen LogP) is 1.62. The molecular weight excluding hydrogens is 260 g/mol. The monoisotopic (exact) mass is 274 g/mol. The van der Waals surface area contributed by atoms with Crippen LogP contribution in [-0.4, -0.2) is 17.8 Å². The van der Waals surface area contributed by atoms with Crippen molar-refractivity contribution < 1.29 is 4.74 Å². The molecule has 0 saturated heterocycles. The van der Waals surface area contributed by atoms with E-state index in [0.717, 1.165) is 13.0 Å². The average molecular weight is 275 g/mol. The lowest BCUT2D eigenvalue weighted by Gasteiger charge is -2.07. The fourth-order valence-electron chi connectivity index (χ4n) is 1.20. The van der Waals surface area contributed by atoms with Crippen molar-refractivity contribution in [3.63, 3.8) is 0 Å². The number of nitrogens with zero attached hydrogens (tertiary/aromatic N) is 1. The van der Waals surface area contributed by atoms with Gasteiger partial charge >= 0.3 is 0 Å². The first-order chi connectivity index (χ1) is 7.15. The van der Waals surface area contributed by atoms with Crippen molar-refractivity contribution in [1.82, 2.24) is 4.57 Å². The smallest absolute Gasteiger partial charge is 0.265 e. The van der Waals surface area contributed by atoms with Crippen LogP contribution in [0.1, 0.15) is 13.3 Å². The van der Waals surface area contributed by atoms with E-state index in [2.05, 4.69) is 15.9 Å². The number of halogens is 1. The summed E-state index contributed by atoms with van der Waals surface area (Å²) in [5.41, 5.74) is 6.12. The molecule has 15 heavy (non-hydrogen) atoms. The molecule has 0 spiro atoms. The van der Waals surface area contributed by atoms with Gasteiger partial charge in [0.1, 0.15) is 0 Å². The zero-order chi connectivity index (χ0) is 11.3. The topological polar surface area (TPSA) is 57.2 Å². The Bertz CT molecular complexity index is 376. The molecule has 0 aliphatic rings. The van der Waals surface area contributed by atoms with Crippen molar-refractivity contribution in [2.75, 3.05) is 18.9 Å². The number of ether oxygens (including phenoxy) is 1. The highest BCUT2D eigenvalue weighted by Gasteiger charge is 2.02. The lowest BCUT2D eigenvalue weighted by Crippen LogP contribution is -2.23. The maximum absolute atomic E-state index is 11.6. The molecule has 0 radical (unpaired) electrons. The fourth-order valence-corrected chi connectivity index (χ4v) is 1.69. The summed E-state index contributed by atoms with van der Waals surface area (Å²) in [6, 6.07) is 1.60. The van der Waals surface area contributed by atoms with Crippen LogP contribution in [0.15, 0.2) is 21.5 Å². The summed E-state index contributed by atoms with van der Waals surface area (Å²) in [5.74, 6) is 0. The molecule has 4 nitrogen and oxygen atoms in total. The minimum atomic E-state index is -0.0794. The lowest BCUT2D eigenvalue weighted by atomic mass is 10.4. The van der Waals surface area contributed by atoms with Crippen LogP contribution in [0.5, 0.6) is 0 Å². The van der Waals surface area contributed by atoms with Gasteiger partial charge in [-0.2, -0.15) is 0 Å². The summed E-state index contributed by atoms with van der Waals surface area (Å²) < 4.78 is 7.34. The number of anilines is 1. The van der Waals surface area contributed by atoms with Crippen LogP contribution in [0.4, 0.5) is 5.69 Å². The second-order valence-electron chi connectivity index (χ2n) is 3.23. The average Bonchev–Trinajstić information content (AvgIpc) is 2.19. The van der Waals surface area contributed by atoms with Crippen LogP contribution in [0, 0.1) is 0 Å². The van der Waals surface area contributed by atoms with E-state index < -0.39 is 0 Å². The number of nitrogens with two attached hydrogens (primary N) is 1. The Morgan fingerprint density at radius 2 is 2.27 bits per heavy atom. The molecule has 84 valence electrons. The van der Waals surface area contributed by atoms with E-state index in [1.807, 2.05) is 6.92 Å². The van der Waals surface area contributed by atoms with Crippen molar-refractivity contribution in [1.29, 1.82) is 0 Å². The Labute approximate surface area is 97.2 Å². The normalized spacial score (nSPS) is 10.5. The third-order valence-corrected chi connectivity index (χ3v) is 2.46. The van der Waals surface area contributed by atoms with Gasteiger partial charge in [-0.05, 0) is 28.4 Å². The summed E-state index contributed by atoms with van der Waals surface area (Å²) in [7, 11) is 0. The van der Waals surface area contributed by atoms with Crippen LogP contribution in [0.2, 0.25) is 0 Å². The molecule has 0 aliphatic carbocycles. The first-order valence-electron chi connectivity index (χ1n) is 4.88. The van der Waals surface area contributed by atoms with Gasteiger partial charge < -0.3 is 15.0 Å². The highest BCUT2D eigenvalue weighted by atomic mass is 79.9. The van der Waals surface area contributed by atoms with Gasteiger partial charge in [-0.15, -0.1) is 0 Å². The lowest BCUT2D eigenvalue weighted by molar-refractivity contribution is 0.126. The van der Waals surface area contributed by atoms with Gasteiger partial charge in [-0.25, -0.2) is 0 Å². The van der Waals surface area contributed by atoms with E-state index in [1.165, 1.54) is 0 Å². The van der Waals surface area contributed by atoms with Crippen LogP contribution < -0.4 is 11.3 Å². The second kappa shape index (κ2) is 5.92. The van der Waals surface area contributed by atoms with Gasteiger partial charge in [0.05, 0.1) is 11.1 Å². The Morgan fingerprint density at radius 3 is 2.93 bits per heavy atom. The van der Waals surface area contributed by atoms with E-state index in [4.69, 9.17) is 10.5 Å². The Morgan fingerprint density at radius 1 is 1.53 bits per heavy atom. The van der Waals surface area contributed by atoms with Crippen LogP contribution >= 0.6 is 15.9 Å². The molecule has 5 heteroatoms. The molecule has 1 aromatic rings. The van der Waals surface area contributed by atoms with Gasteiger partial charge in [0.2, 0.25) is 0 Å². The summed E-state index contributed by atoms with van der Waals surface area (Å²) in [6.45, 7) is 3.83. The number of pyridine rings is 1. The third kappa shape index (κ3) is 3.68. The Balaban J connectivity index is 2.64. The standard InChI is InChI=1S/C10H15BrN2O2/c1-2-4-15-5-3-13-7-8(12)6-9(11)10(13)14/h6-7H,2-5,12H2,1H3. The molecule has 1 aromatic heterocycles. The maximum Gasteiger partial charge on any atom is 0.265 e. The molecule has 0 amide bonds. The Hall–Kier alpha value is -0.810. The molecule has 0 atom stereocenters. The maximum atomic E-state index is 11.6. The van der Waals surface area contributed by atoms with E-state index in [0.29, 0.717) is 23.3 Å². The number of rotatable bonds is 5. The summed E-state index contributed by atoms with van der Waals surface area (Å²) in [5, 5.41) is 0. The highest BCUT2D eigenvalue weighted by molar-refractivity contribution is 9.10. The van der Waals surface area contributed by atoms with Gasteiger partial charge in [0, 0.05) is 25.0 Å². The molecule has 0 unspecified atom stereocenters. The summed E-state index contributed by atoms with van der Waals surface area (Å²) in [6.07, 6.45) is 2.61. The number of hydrogen-bond acceptors (Lipinski definition) is 3. The molecule has 0 fully saturated rings. The second-order valence-corrected chi connectivity index (χ2v) is 4.09. The highest BCUT2D eigenvalue weighted by Crippen LogP contribution is 2.07. The predicted molar refractivity (Wildman–Crippen MR) is 63.9 cm³/mol. The van der Waals surface area contributed by atoms with E-state index in [1.54, 1.807) is 16.8 Å². The number of aromatic nitrogens is 1. The van der Waals surface area contributed by atoms with E-state index >= 15 is 0 Å².